The van der Waals surface area contributed by atoms with Gasteiger partial charge in [0.25, 0.3) is 0 Å². The van der Waals surface area contributed by atoms with Gasteiger partial charge in [0, 0.05) is 6.04 Å². The number of nitrogens with zero attached hydrogens (tertiary/aromatic N) is 2. The summed E-state index contributed by atoms with van der Waals surface area (Å²) in [6.45, 7) is 0.893. The van der Waals surface area contributed by atoms with Gasteiger partial charge in [-0.1, -0.05) is 37.1 Å². The summed E-state index contributed by atoms with van der Waals surface area (Å²) < 4.78 is 0. The molecule has 1 unspecified atom stereocenters. The molecule has 0 radical (unpaired) electrons. The molecule has 1 spiro atoms. The Hall–Kier alpha value is -1.51. The van der Waals surface area contributed by atoms with Crippen molar-refractivity contribution in [1.29, 1.82) is 0 Å². The van der Waals surface area contributed by atoms with Crippen LogP contribution in [0.4, 0.5) is 0 Å². The Morgan fingerprint density at radius 1 is 1.15 bits per heavy atom. The zero-order valence-corrected chi connectivity index (χ0v) is 12.0. The largest absolute Gasteiger partial charge is 0.370 e. The van der Waals surface area contributed by atoms with Crippen molar-refractivity contribution < 1.29 is 0 Å². The molecule has 4 rings (SSSR count). The summed E-state index contributed by atoms with van der Waals surface area (Å²) in [5, 5.41) is 0. The lowest BCUT2D eigenvalue weighted by Crippen LogP contribution is -2.58. The molecule has 1 atom stereocenters. The van der Waals surface area contributed by atoms with Crippen molar-refractivity contribution in [3.63, 3.8) is 0 Å². The van der Waals surface area contributed by atoms with Gasteiger partial charge < -0.3 is 10.6 Å². The molecule has 1 fully saturated rings. The minimum atomic E-state index is 0.174. The minimum absolute atomic E-state index is 0.174. The molecule has 2 aliphatic carbocycles. The number of rotatable bonds is 1. The molecule has 0 amide bonds. The summed E-state index contributed by atoms with van der Waals surface area (Å²) >= 11 is 0. The third-order valence-electron chi connectivity index (χ3n) is 5.48. The van der Waals surface area contributed by atoms with Gasteiger partial charge >= 0.3 is 0 Å². The number of aryl methyl sites for hydroxylation is 1. The van der Waals surface area contributed by atoms with Crippen LogP contribution in [0, 0.1) is 0 Å². The fourth-order valence-corrected chi connectivity index (χ4v) is 4.49. The Bertz CT molecular complexity index is 545. The van der Waals surface area contributed by atoms with Crippen LogP contribution in [-0.4, -0.2) is 29.0 Å². The molecular weight excluding hydrogens is 246 g/mol. The smallest absolute Gasteiger partial charge is 0.192 e. The van der Waals surface area contributed by atoms with E-state index in [9.17, 15) is 0 Å². The van der Waals surface area contributed by atoms with Crippen LogP contribution in [-0.2, 0) is 12.8 Å². The summed E-state index contributed by atoms with van der Waals surface area (Å²) in [7, 11) is 0. The number of aliphatic imine (C=N–C) groups is 1. The molecule has 3 nitrogen and oxygen atoms in total. The second kappa shape index (κ2) is 4.51. The molecule has 1 aromatic rings. The van der Waals surface area contributed by atoms with Gasteiger partial charge in [-0.25, -0.2) is 0 Å². The molecule has 2 N–H and O–H groups in total. The lowest BCUT2D eigenvalue weighted by Gasteiger charge is -2.45. The summed E-state index contributed by atoms with van der Waals surface area (Å²) in [6.07, 6.45) is 8.76. The highest BCUT2D eigenvalue weighted by Gasteiger charge is 2.47. The average Bonchev–Trinajstić information content (AvgIpc) is 3.08. The van der Waals surface area contributed by atoms with Crippen LogP contribution in [0.15, 0.2) is 29.3 Å². The zero-order valence-electron chi connectivity index (χ0n) is 12.0. The van der Waals surface area contributed by atoms with Gasteiger partial charge in [-0.2, -0.15) is 0 Å². The van der Waals surface area contributed by atoms with Crippen molar-refractivity contribution in [1.82, 2.24) is 4.90 Å². The quantitative estimate of drug-likeness (QED) is 0.851. The van der Waals surface area contributed by atoms with E-state index in [0.717, 1.165) is 18.9 Å². The molecule has 1 aliphatic heterocycles. The van der Waals surface area contributed by atoms with E-state index in [2.05, 4.69) is 34.2 Å². The van der Waals surface area contributed by atoms with Crippen molar-refractivity contribution in [3.05, 3.63) is 35.4 Å². The number of hydrogen-bond donors (Lipinski definition) is 1. The number of guanidine groups is 1. The van der Waals surface area contributed by atoms with E-state index in [4.69, 9.17) is 5.73 Å². The predicted molar refractivity (Wildman–Crippen MR) is 81.8 cm³/mol. The molecule has 1 heterocycles. The Labute approximate surface area is 120 Å². The van der Waals surface area contributed by atoms with Gasteiger partial charge in [-0.05, 0) is 43.2 Å². The first kappa shape index (κ1) is 12.2. The van der Waals surface area contributed by atoms with Gasteiger partial charge in [0.05, 0.1) is 12.1 Å². The second-order valence-electron chi connectivity index (χ2n) is 6.65. The third kappa shape index (κ3) is 1.75. The van der Waals surface area contributed by atoms with E-state index in [1.54, 1.807) is 0 Å². The van der Waals surface area contributed by atoms with Crippen LogP contribution in [0.2, 0.25) is 0 Å². The SMILES string of the molecule is NC1=NCC2(CCc3ccccc3C2)N1C1CCCC1. The average molecular weight is 269 g/mol. The van der Waals surface area contributed by atoms with E-state index in [1.165, 1.54) is 49.7 Å². The summed E-state index contributed by atoms with van der Waals surface area (Å²) in [4.78, 5) is 7.14. The fourth-order valence-electron chi connectivity index (χ4n) is 4.49. The number of benzene rings is 1. The maximum absolute atomic E-state index is 6.26. The fraction of sp³-hybridized carbons (Fsp3) is 0.588. The molecule has 3 aliphatic rings. The van der Waals surface area contributed by atoms with Crippen molar-refractivity contribution >= 4 is 5.96 Å². The van der Waals surface area contributed by atoms with Crippen LogP contribution < -0.4 is 5.73 Å². The van der Waals surface area contributed by atoms with E-state index in [0.29, 0.717) is 6.04 Å². The van der Waals surface area contributed by atoms with Gasteiger partial charge in [0.1, 0.15) is 0 Å². The standard InChI is InChI=1S/C17H23N3/c18-16-19-12-17(20(16)15-7-3-4-8-15)10-9-13-5-1-2-6-14(13)11-17/h1-2,5-6,15H,3-4,7-12H2,(H2,18,19). The van der Waals surface area contributed by atoms with Crippen molar-refractivity contribution in [2.24, 2.45) is 10.7 Å². The Morgan fingerprint density at radius 2 is 1.90 bits per heavy atom. The number of nitrogens with two attached hydrogens (primary N) is 1. The molecule has 3 heteroatoms. The van der Waals surface area contributed by atoms with Gasteiger partial charge in [-0.3, -0.25) is 4.99 Å². The van der Waals surface area contributed by atoms with Crippen LogP contribution in [0.1, 0.15) is 43.2 Å². The maximum atomic E-state index is 6.26. The minimum Gasteiger partial charge on any atom is -0.370 e. The van der Waals surface area contributed by atoms with Crippen LogP contribution in [0.25, 0.3) is 0 Å². The van der Waals surface area contributed by atoms with Crippen LogP contribution in [0.3, 0.4) is 0 Å². The molecule has 1 aromatic carbocycles. The first-order valence-electron chi connectivity index (χ1n) is 7.95. The molecule has 1 saturated carbocycles. The molecule has 20 heavy (non-hydrogen) atoms. The molecule has 0 aromatic heterocycles. The topological polar surface area (TPSA) is 41.6 Å². The summed E-state index contributed by atoms with van der Waals surface area (Å²) in [6, 6.07) is 9.52. The van der Waals surface area contributed by atoms with E-state index >= 15 is 0 Å². The molecule has 0 bridgehead atoms. The molecule has 106 valence electrons. The van der Waals surface area contributed by atoms with Gasteiger partial charge in [0.15, 0.2) is 5.96 Å². The van der Waals surface area contributed by atoms with Gasteiger partial charge in [0.2, 0.25) is 0 Å². The maximum Gasteiger partial charge on any atom is 0.192 e. The highest BCUT2D eigenvalue weighted by Crippen LogP contribution is 2.40. The Kier molecular flexibility index (Phi) is 2.76. The van der Waals surface area contributed by atoms with E-state index < -0.39 is 0 Å². The van der Waals surface area contributed by atoms with Crippen molar-refractivity contribution in [2.45, 2.75) is 56.5 Å². The van der Waals surface area contributed by atoms with Crippen LogP contribution >= 0.6 is 0 Å². The highest BCUT2D eigenvalue weighted by atomic mass is 15.4. The van der Waals surface area contributed by atoms with E-state index in [-0.39, 0.29) is 5.54 Å². The normalized spacial score (nSPS) is 29.8. The first-order valence-corrected chi connectivity index (χ1v) is 7.95. The third-order valence-corrected chi connectivity index (χ3v) is 5.48. The Balaban J connectivity index is 1.67. The lowest BCUT2D eigenvalue weighted by molar-refractivity contribution is 0.131. The van der Waals surface area contributed by atoms with Gasteiger partial charge in [-0.15, -0.1) is 0 Å². The summed E-state index contributed by atoms with van der Waals surface area (Å²) in [5.41, 5.74) is 9.46. The monoisotopic (exact) mass is 269 g/mol. The highest BCUT2D eigenvalue weighted by molar-refractivity contribution is 5.81. The predicted octanol–water partition coefficient (Wildman–Crippen LogP) is 2.49. The lowest BCUT2D eigenvalue weighted by atomic mass is 9.76. The van der Waals surface area contributed by atoms with Crippen LogP contribution in [0.5, 0.6) is 0 Å². The number of hydrogen-bond acceptors (Lipinski definition) is 3. The molecular formula is C17H23N3. The van der Waals surface area contributed by atoms with Crippen molar-refractivity contribution in [3.8, 4) is 0 Å². The second-order valence-corrected chi connectivity index (χ2v) is 6.65. The first-order chi connectivity index (χ1) is 9.78. The Morgan fingerprint density at radius 3 is 2.70 bits per heavy atom. The molecule has 0 saturated heterocycles. The summed E-state index contributed by atoms with van der Waals surface area (Å²) in [5.74, 6) is 0.802. The van der Waals surface area contributed by atoms with E-state index in [1.807, 2.05) is 0 Å². The van der Waals surface area contributed by atoms with Crippen molar-refractivity contribution in [2.75, 3.05) is 6.54 Å². The zero-order chi connectivity index (χ0) is 13.6. The number of fused-ring (bicyclic) bond motifs is 1.